The number of rotatable bonds is 7. The van der Waals surface area contributed by atoms with E-state index in [0.717, 1.165) is 61.3 Å². The van der Waals surface area contributed by atoms with E-state index in [1.807, 2.05) is 0 Å². The predicted octanol–water partition coefficient (Wildman–Crippen LogP) is 17.2. The van der Waals surface area contributed by atoms with E-state index < -0.39 is 0 Å². The van der Waals surface area contributed by atoms with Crippen molar-refractivity contribution in [1.82, 2.24) is 0 Å². The van der Waals surface area contributed by atoms with Gasteiger partial charge >= 0.3 is 0 Å². The van der Waals surface area contributed by atoms with Gasteiger partial charge in [0.2, 0.25) is 0 Å². The van der Waals surface area contributed by atoms with Crippen LogP contribution in [-0.4, -0.2) is 0 Å². The number of anilines is 3. The predicted molar refractivity (Wildman–Crippen MR) is 263 cm³/mol. The minimum Gasteiger partial charge on any atom is -0.455 e. The van der Waals surface area contributed by atoms with Crippen LogP contribution in [0.2, 0.25) is 0 Å². The van der Waals surface area contributed by atoms with Gasteiger partial charge < -0.3 is 9.32 Å². The first-order chi connectivity index (χ1) is 30.7. The number of para-hydroxylation sites is 1. The van der Waals surface area contributed by atoms with Crippen LogP contribution >= 0.6 is 0 Å². The fourth-order valence-electron chi connectivity index (χ4n) is 9.49. The highest BCUT2D eigenvalue weighted by molar-refractivity contribution is 6.21. The summed E-state index contributed by atoms with van der Waals surface area (Å²) in [6.07, 6.45) is 0. The third-order valence-electron chi connectivity index (χ3n) is 12.5. The molecule has 0 aliphatic heterocycles. The Hall–Kier alpha value is -8.20. The third-order valence-corrected chi connectivity index (χ3v) is 12.5. The lowest BCUT2D eigenvalue weighted by Gasteiger charge is -2.27. The van der Waals surface area contributed by atoms with Crippen LogP contribution in [0.3, 0.4) is 0 Å². The van der Waals surface area contributed by atoms with Crippen molar-refractivity contribution in [3.63, 3.8) is 0 Å². The Bertz CT molecular complexity index is 3610. The van der Waals surface area contributed by atoms with Gasteiger partial charge in [0.05, 0.1) is 11.1 Å². The number of benzene rings is 11. The summed E-state index contributed by atoms with van der Waals surface area (Å²) in [5.74, 6) is 0. The molecule has 1 heterocycles. The van der Waals surface area contributed by atoms with Crippen LogP contribution in [0.1, 0.15) is 0 Å². The summed E-state index contributed by atoms with van der Waals surface area (Å²) >= 11 is 0. The summed E-state index contributed by atoms with van der Waals surface area (Å²) in [5.41, 5.74) is 14.3. The molecular formula is C60H39NO. The Morgan fingerprint density at radius 3 is 1.63 bits per heavy atom. The monoisotopic (exact) mass is 789 g/mol. The normalized spacial score (nSPS) is 11.5. The van der Waals surface area contributed by atoms with Gasteiger partial charge in [-0.3, -0.25) is 0 Å². The van der Waals surface area contributed by atoms with Crippen LogP contribution in [0, 0.1) is 0 Å². The largest absolute Gasteiger partial charge is 0.455 e. The maximum atomic E-state index is 6.99. The molecule has 1 aromatic heterocycles. The molecular weight excluding hydrogens is 751 g/mol. The lowest BCUT2D eigenvalue weighted by atomic mass is 9.92. The average Bonchev–Trinajstić information content (AvgIpc) is 3.75. The number of hydrogen-bond donors (Lipinski definition) is 0. The second-order valence-electron chi connectivity index (χ2n) is 16.0. The first-order valence-electron chi connectivity index (χ1n) is 21.2. The summed E-state index contributed by atoms with van der Waals surface area (Å²) in [7, 11) is 0. The standard InChI is InChI=1S/C60H39NO/c1-2-14-40(15-3-1)41-28-30-42(31-29-41)43-32-34-47(35-33-43)61(48-20-12-19-45(38-48)50-26-13-18-44-16-4-6-21-49(44)50)57-37-36-54(60-59(57)55-25-10-11-27-58(55)62-60)56-39-46-17-5-7-22-51(46)52-23-8-9-24-53(52)56/h1-39H. The minimum absolute atomic E-state index is 0.861. The molecule has 2 nitrogen and oxygen atoms in total. The van der Waals surface area contributed by atoms with Crippen molar-refractivity contribution >= 4 is 71.3 Å². The SMILES string of the molecule is c1ccc(-c2ccc(-c3ccc(N(c4cccc(-c5cccc6ccccc56)c4)c4ccc(-c5cc6ccccc6c6ccccc56)c5oc6ccccc6c45)cc3)cc2)cc1. The van der Waals surface area contributed by atoms with Crippen molar-refractivity contribution in [2.75, 3.05) is 4.90 Å². The molecule has 0 fully saturated rings. The molecule has 0 spiro atoms. The molecule has 0 aliphatic carbocycles. The zero-order valence-electron chi connectivity index (χ0n) is 33.9. The van der Waals surface area contributed by atoms with Gasteiger partial charge in [0.15, 0.2) is 0 Å². The number of fused-ring (bicyclic) bond motifs is 7. The Labute approximate surface area is 360 Å². The van der Waals surface area contributed by atoms with E-state index in [1.165, 1.54) is 54.6 Å². The molecule has 2 heteroatoms. The van der Waals surface area contributed by atoms with E-state index in [1.54, 1.807) is 0 Å². The Morgan fingerprint density at radius 2 is 0.855 bits per heavy atom. The van der Waals surface area contributed by atoms with Gasteiger partial charge in [-0.1, -0.05) is 188 Å². The second kappa shape index (κ2) is 14.8. The summed E-state index contributed by atoms with van der Waals surface area (Å²) in [6.45, 7) is 0. The Balaban J connectivity index is 1.07. The summed E-state index contributed by atoms with van der Waals surface area (Å²) in [5, 5.41) is 9.50. The fourth-order valence-corrected chi connectivity index (χ4v) is 9.49. The molecule has 0 aliphatic rings. The zero-order chi connectivity index (χ0) is 41.0. The molecule has 0 saturated heterocycles. The van der Waals surface area contributed by atoms with E-state index in [-0.39, 0.29) is 0 Å². The highest BCUT2D eigenvalue weighted by Crippen LogP contribution is 2.48. The third kappa shape index (κ3) is 6.04. The zero-order valence-corrected chi connectivity index (χ0v) is 33.9. The highest BCUT2D eigenvalue weighted by atomic mass is 16.3. The van der Waals surface area contributed by atoms with Crippen LogP contribution < -0.4 is 4.90 Å². The van der Waals surface area contributed by atoms with Crippen LogP contribution in [0.15, 0.2) is 241 Å². The van der Waals surface area contributed by atoms with Crippen molar-refractivity contribution in [3.8, 4) is 44.5 Å². The minimum atomic E-state index is 0.861. The van der Waals surface area contributed by atoms with Crippen LogP contribution in [-0.2, 0) is 0 Å². The molecule has 0 atom stereocenters. The number of furan rings is 1. The van der Waals surface area contributed by atoms with E-state index in [0.29, 0.717) is 0 Å². The van der Waals surface area contributed by atoms with Gasteiger partial charge in [0.25, 0.3) is 0 Å². The molecule has 0 bridgehead atoms. The fraction of sp³-hybridized carbons (Fsp3) is 0. The molecule has 12 rings (SSSR count). The first-order valence-corrected chi connectivity index (χ1v) is 21.2. The Morgan fingerprint density at radius 1 is 0.290 bits per heavy atom. The molecule has 0 radical (unpaired) electrons. The van der Waals surface area contributed by atoms with Crippen LogP contribution in [0.25, 0.3) is 98.8 Å². The molecule has 0 N–H and O–H groups in total. The highest BCUT2D eigenvalue weighted by Gasteiger charge is 2.24. The topological polar surface area (TPSA) is 16.4 Å². The van der Waals surface area contributed by atoms with Crippen molar-refractivity contribution in [3.05, 3.63) is 237 Å². The van der Waals surface area contributed by atoms with E-state index in [9.17, 15) is 0 Å². The summed E-state index contributed by atoms with van der Waals surface area (Å²) in [4.78, 5) is 2.41. The second-order valence-corrected chi connectivity index (χ2v) is 16.0. The van der Waals surface area contributed by atoms with Crippen LogP contribution in [0.4, 0.5) is 17.1 Å². The lowest BCUT2D eigenvalue weighted by molar-refractivity contribution is 0.670. The maximum Gasteiger partial charge on any atom is 0.145 e. The van der Waals surface area contributed by atoms with Gasteiger partial charge in [-0.25, -0.2) is 0 Å². The van der Waals surface area contributed by atoms with Crippen molar-refractivity contribution in [2.24, 2.45) is 0 Å². The van der Waals surface area contributed by atoms with Gasteiger partial charge in [-0.2, -0.15) is 0 Å². The quantitative estimate of drug-likeness (QED) is 0.150. The van der Waals surface area contributed by atoms with E-state index >= 15 is 0 Å². The molecule has 12 aromatic rings. The van der Waals surface area contributed by atoms with Crippen molar-refractivity contribution in [2.45, 2.75) is 0 Å². The maximum absolute atomic E-state index is 6.99. The summed E-state index contributed by atoms with van der Waals surface area (Å²) in [6, 6.07) is 85.4. The molecule has 290 valence electrons. The molecule has 11 aromatic carbocycles. The smallest absolute Gasteiger partial charge is 0.145 e. The molecule has 0 amide bonds. The van der Waals surface area contributed by atoms with Crippen molar-refractivity contribution in [1.29, 1.82) is 0 Å². The van der Waals surface area contributed by atoms with Gasteiger partial charge in [0.1, 0.15) is 11.2 Å². The molecule has 0 saturated carbocycles. The van der Waals surface area contributed by atoms with E-state index in [4.69, 9.17) is 4.42 Å². The van der Waals surface area contributed by atoms with E-state index in [2.05, 4.69) is 241 Å². The first kappa shape index (κ1) is 35.7. The number of nitrogens with zero attached hydrogens (tertiary/aromatic N) is 1. The van der Waals surface area contributed by atoms with Gasteiger partial charge in [0, 0.05) is 22.3 Å². The van der Waals surface area contributed by atoms with Gasteiger partial charge in [-0.15, -0.1) is 0 Å². The molecule has 0 unspecified atom stereocenters. The average molecular weight is 790 g/mol. The lowest BCUT2D eigenvalue weighted by Crippen LogP contribution is -2.10. The van der Waals surface area contributed by atoms with Crippen LogP contribution in [0.5, 0.6) is 0 Å². The Kier molecular flexibility index (Phi) is 8.53. The van der Waals surface area contributed by atoms with Gasteiger partial charge in [-0.05, 0) is 120 Å². The summed E-state index contributed by atoms with van der Waals surface area (Å²) < 4.78 is 6.99. The molecule has 62 heavy (non-hydrogen) atoms. The van der Waals surface area contributed by atoms with Crippen molar-refractivity contribution < 1.29 is 4.42 Å². The number of hydrogen-bond acceptors (Lipinski definition) is 2.